The highest BCUT2D eigenvalue weighted by Gasteiger charge is 2.39. The van der Waals surface area contributed by atoms with E-state index >= 15 is 0 Å². The van der Waals surface area contributed by atoms with Crippen LogP contribution in [-0.4, -0.2) is 49.1 Å². The van der Waals surface area contributed by atoms with Crippen molar-refractivity contribution < 1.29 is 33.8 Å². The third kappa shape index (κ3) is 6.64. The first-order chi connectivity index (χ1) is 5.97. The van der Waals surface area contributed by atoms with Gasteiger partial charge in [-0.25, -0.2) is 0 Å². The third-order valence-corrected chi connectivity index (χ3v) is 3.38. The number of nitrogens with two attached hydrogens (primary N) is 1. The summed E-state index contributed by atoms with van der Waals surface area (Å²) in [4.78, 5) is 34.1. The molecule has 0 aromatic heterocycles. The zero-order valence-corrected chi connectivity index (χ0v) is 8.93. The van der Waals surface area contributed by atoms with Crippen molar-refractivity contribution in [1.29, 1.82) is 0 Å². The van der Waals surface area contributed by atoms with Crippen LogP contribution in [0.15, 0.2) is 0 Å². The fourth-order valence-corrected chi connectivity index (χ4v) is 3.14. The molecule has 7 N–H and O–H groups in total. The van der Waals surface area contributed by atoms with E-state index in [4.69, 9.17) is 25.3 Å². The van der Waals surface area contributed by atoms with Crippen molar-refractivity contribution in [2.45, 2.75) is 5.60 Å². The third-order valence-electron chi connectivity index (χ3n) is 1.38. The molecule has 0 saturated heterocycles. The molecular formula is C4H13NO7P2. The maximum atomic E-state index is 10.5. The van der Waals surface area contributed by atoms with E-state index in [0.29, 0.717) is 0 Å². The Morgan fingerprint density at radius 2 is 1.29 bits per heavy atom. The van der Waals surface area contributed by atoms with Crippen LogP contribution in [0.25, 0.3) is 0 Å². The summed E-state index contributed by atoms with van der Waals surface area (Å²) in [6.07, 6.45) is -2.14. The van der Waals surface area contributed by atoms with Crippen LogP contribution in [0, 0.1) is 0 Å². The molecule has 0 aromatic rings. The molecule has 0 atom stereocenters. The van der Waals surface area contributed by atoms with E-state index in [0.717, 1.165) is 0 Å². The standard InChI is InChI=1S/C4H13NO7P2/c5-1-4(6,2-13(7,8)9)3-14(10,11)12/h6H,1-3,5H2,(H2,7,8,9)(H2,10,11,12). The predicted molar refractivity (Wildman–Crippen MR) is 47.8 cm³/mol. The minimum Gasteiger partial charge on any atom is -0.387 e. The van der Waals surface area contributed by atoms with Gasteiger partial charge < -0.3 is 30.4 Å². The maximum absolute atomic E-state index is 10.5. The van der Waals surface area contributed by atoms with Crippen LogP contribution >= 0.6 is 15.2 Å². The van der Waals surface area contributed by atoms with Crippen LogP contribution < -0.4 is 5.73 Å². The summed E-state index contributed by atoms with van der Waals surface area (Å²) in [6.45, 7) is -0.636. The van der Waals surface area contributed by atoms with Gasteiger partial charge in [0.15, 0.2) is 0 Å². The molecule has 0 heterocycles. The van der Waals surface area contributed by atoms with E-state index in [-0.39, 0.29) is 0 Å². The van der Waals surface area contributed by atoms with Crippen LogP contribution in [0.5, 0.6) is 0 Å². The Bertz CT molecular complexity index is 255. The zero-order valence-electron chi connectivity index (χ0n) is 7.15. The average Bonchev–Trinajstić information content (AvgIpc) is 1.78. The highest BCUT2D eigenvalue weighted by atomic mass is 31.2. The summed E-state index contributed by atoms with van der Waals surface area (Å²) in [5, 5.41) is 9.38. The first-order valence-electron chi connectivity index (χ1n) is 3.49. The lowest BCUT2D eigenvalue weighted by atomic mass is 10.1. The summed E-state index contributed by atoms with van der Waals surface area (Å²) in [7, 11) is -9.13. The lowest BCUT2D eigenvalue weighted by Gasteiger charge is -2.26. The van der Waals surface area contributed by atoms with Crippen molar-refractivity contribution in [2.24, 2.45) is 5.73 Å². The van der Waals surface area contributed by atoms with Gasteiger partial charge >= 0.3 is 15.2 Å². The van der Waals surface area contributed by atoms with Crippen LogP contribution in [0.3, 0.4) is 0 Å². The van der Waals surface area contributed by atoms with Gasteiger partial charge in [-0.2, -0.15) is 0 Å². The Morgan fingerprint density at radius 1 is 1.00 bits per heavy atom. The van der Waals surface area contributed by atoms with Gasteiger partial charge in [-0.15, -0.1) is 0 Å². The highest BCUT2D eigenvalue weighted by molar-refractivity contribution is 7.53. The summed E-state index contributed by atoms with van der Waals surface area (Å²) < 4.78 is 21.0. The molecule has 0 saturated carbocycles. The van der Waals surface area contributed by atoms with E-state index in [9.17, 15) is 14.2 Å². The molecule has 10 heteroatoms. The van der Waals surface area contributed by atoms with Crippen molar-refractivity contribution in [3.05, 3.63) is 0 Å². The van der Waals surface area contributed by atoms with Crippen molar-refractivity contribution in [1.82, 2.24) is 0 Å². The molecule has 0 aliphatic heterocycles. The summed E-state index contributed by atoms with van der Waals surface area (Å²) in [5.74, 6) is 0. The molecule has 0 amide bonds. The van der Waals surface area contributed by atoms with Crippen LogP contribution in [0.4, 0.5) is 0 Å². The fraction of sp³-hybridized carbons (Fsp3) is 1.00. The molecule has 0 unspecified atom stereocenters. The Labute approximate surface area is 80.1 Å². The first-order valence-corrected chi connectivity index (χ1v) is 7.09. The fourth-order valence-electron chi connectivity index (χ4n) is 0.946. The molecule has 0 radical (unpaired) electrons. The Morgan fingerprint density at radius 3 is 1.43 bits per heavy atom. The summed E-state index contributed by atoms with van der Waals surface area (Å²) in [5.41, 5.74) is 2.75. The van der Waals surface area contributed by atoms with Gasteiger partial charge in [-0.05, 0) is 0 Å². The monoisotopic (exact) mass is 249 g/mol. The molecule has 0 rings (SSSR count). The number of hydrogen-bond acceptors (Lipinski definition) is 4. The van der Waals surface area contributed by atoms with E-state index in [1.165, 1.54) is 0 Å². The van der Waals surface area contributed by atoms with E-state index in [1.54, 1.807) is 0 Å². The van der Waals surface area contributed by atoms with E-state index < -0.39 is 39.7 Å². The van der Waals surface area contributed by atoms with Gasteiger partial charge in [-0.3, -0.25) is 9.13 Å². The van der Waals surface area contributed by atoms with Crippen LogP contribution in [0.2, 0.25) is 0 Å². The Balaban J connectivity index is 4.66. The van der Waals surface area contributed by atoms with Crippen LogP contribution in [0.1, 0.15) is 0 Å². The second-order valence-corrected chi connectivity index (χ2v) is 6.37. The Kier molecular flexibility index (Phi) is 4.45. The van der Waals surface area contributed by atoms with Gasteiger partial charge in [0.2, 0.25) is 0 Å². The topological polar surface area (TPSA) is 161 Å². The molecule has 8 nitrogen and oxygen atoms in total. The zero-order chi connectivity index (χ0) is 11.6. The molecule has 0 aliphatic carbocycles. The van der Waals surface area contributed by atoms with E-state index in [1.807, 2.05) is 0 Å². The second kappa shape index (κ2) is 4.38. The normalized spacial score (nSPS) is 14.4. The second-order valence-electron chi connectivity index (χ2n) is 3.07. The quantitative estimate of drug-likeness (QED) is 0.306. The minimum atomic E-state index is -4.56. The molecule has 0 bridgehead atoms. The number of hydrogen-bond donors (Lipinski definition) is 6. The van der Waals surface area contributed by atoms with Gasteiger partial charge in [0.1, 0.15) is 0 Å². The highest BCUT2D eigenvalue weighted by Crippen LogP contribution is 2.44. The molecule has 14 heavy (non-hydrogen) atoms. The molecule has 0 spiro atoms. The van der Waals surface area contributed by atoms with E-state index in [2.05, 4.69) is 0 Å². The smallest absolute Gasteiger partial charge is 0.328 e. The number of aliphatic hydroxyl groups is 1. The number of rotatable bonds is 5. The lowest BCUT2D eigenvalue weighted by Crippen LogP contribution is -2.44. The van der Waals surface area contributed by atoms with Gasteiger partial charge in [0.05, 0.1) is 17.9 Å². The molecule has 0 fully saturated rings. The van der Waals surface area contributed by atoms with Crippen molar-refractivity contribution in [3.63, 3.8) is 0 Å². The van der Waals surface area contributed by atoms with Crippen molar-refractivity contribution in [3.8, 4) is 0 Å². The molecule has 0 aliphatic rings. The average molecular weight is 249 g/mol. The molecule has 0 aromatic carbocycles. The van der Waals surface area contributed by atoms with Gasteiger partial charge in [0.25, 0.3) is 0 Å². The van der Waals surface area contributed by atoms with Crippen molar-refractivity contribution >= 4 is 15.2 Å². The predicted octanol–water partition coefficient (Wildman–Crippen LogP) is -1.97. The SMILES string of the molecule is NCC(O)(CP(=O)(O)O)CP(=O)(O)O. The summed E-state index contributed by atoms with van der Waals surface area (Å²) in [6, 6.07) is 0. The molecule has 86 valence electrons. The van der Waals surface area contributed by atoms with Crippen LogP contribution in [-0.2, 0) is 9.13 Å². The lowest BCUT2D eigenvalue weighted by molar-refractivity contribution is 0.0852. The molecular weight excluding hydrogens is 236 g/mol. The minimum absolute atomic E-state index is 0.636. The van der Waals surface area contributed by atoms with Gasteiger partial charge in [-0.1, -0.05) is 0 Å². The first kappa shape index (κ1) is 14.2. The van der Waals surface area contributed by atoms with Gasteiger partial charge in [0, 0.05) is 6.54 Å². The maximum Gasteiger partial charge on any atom is 0.328 e. The summed E-state index contributed by atoms with van der Waals surface area (Å²) >= 11 is 0. The largest absolute Gasteiger partial charge is 0.387 e. The Hall–Kier alpha value is 0.220. The van der Waals surface area contributed by atoms with Crippen molar-refractivity contribution in [2.75, 3.05) is 18.9 Å².